The molecule has 1 aliphatic heterocycles. The fraction of sp³-hybridized carbons (Fsp3) is 0.500. The minimum atomic E-state index is -0.284. The first-order valence-corrected chi connectivity index (χ1v) is 7.20. The number of nitriles is 1. The third-order valence-corrected chi connectivity index (χ3v) is 3.92. The van der Waals surface area contributed by atoms with Crippen LogP contribution < -0.4 is 0 Å². The molecule has 96 valence electrons. The predicted molar refractivity (Wildman–Crippen MR) is 73.4 cm³/mol. The van der Waals surface area contributed by atoms with E-state index < -0.39 is 0 Å². The minimum absolute atomic E-state index is 0.284. The highest BCUT2D eigenvalue weighted by Crippen LogP contribution is 2.27. The van der Waals surface area contributed by atoms with E-state index in [1.165, 1.54) is 10.5 Å². The zero-order chi connectivity index (χ0) is 13.0. The first-order valence-electron chi connectivity index (χ1n) is 5.98. The Morgan fingerprint density at radius 3 is 2.50 bits per heavy atom. The van der Waals surface area contributed by atoms with Gasteiger partial charge in [-0.2, -0.15) is 5.26 Å². The van der Waals surface area contributed by atoms with Gasteiger partial charge in [-0.05, 0) is 31.0 Å². The summed E-state index contributed by atoms with van der Waals surface area (Å²) in [4.78, 5) is 3.47. The molecule has 0 bridgehead atoms. The molecule has 0 spiro atoms. The second kappa shape index (κ2) is 5.75. The Kier molecular flexibility index (Phi) is 4.28. The van der Waals surface area contributed by atoms with Crippen LogP contribution in [0.25, 0.3) is 0 Å². The average molecular weight is 262 g/mol. The topological polar surface area (TPSA) is 36.3 Å². The minimum Gasteiger partial charge on any atom is -0.378 e. The molecule has 0 N–H and O–H groups in total. The summed E-state index contributed by atoms with van der Waals surface area (Å²) in [6.07, 6.45) is 2.08. The summed E-state index contributed by atoms with van der Waals surface area (Å²) in [7, 11) is 2.06. The van der Waals surface area contributed by atoms with Gasteiger partial charge in [0.15, 0.2) is 0 Å². The molecule has 0 radical (unpaired) electrons. The smallest absolute Gasteiger partial charge is 0.116 e. The lowest BCUT2D eigenvalue weighted by atomic mass is 9.87. The van der Waals surface area contributed by atoms with Crippen molar-refractivity contribution in [3.8, 4) is 6.07 Å². The third-order valence-electron chi connectivity index (χ3n) is 3.18. The van der Waals surface area contributed by atoms with Crippen LogP contribution in [0.2, 0.25) is 0 Å². The lowest BCUT2D eigenvalue weighted by Crippen LogP contribution is -2.48. The molecule has 1 heterocycles. The van der Waals surface area contributed by atoms with Gasteiger partial charge in [-0.15, -0.1) is 11.8 Å². The van der Waals surface area contributed by atoms with Gasteiger partial charge in [0.25, 0.3) is 0 Å². The molecular weight excluding hydrogens is 244 g/mol. The maximum absolute atomic E-state index is 9.16. The zero-order valence-electron chi connectivity index (χ0n) is 10.8. The fourth-order valence-corrected chi connectivity index (χ4v) is 2.56. The summed E-state index contributed by atoms with van der Waals surface area (Å²) < 4.78 is 5.16. The number of nitrogens with zero attached hydrogens (tertiary/aromatic N) is 2. The van der Waals surface area contributed by atoms with E-state index in [1.54, 1.807) is 11.8 Å². The molecule has 18 heavy (non-hydrogen) atoms. The van der Waals surface area contributed by atoms with Gasteiger partial charge in [0.2, 0.25) is 0 Å². The standard InChI is InChI=1S/C14H18N2OS/c1-16(9-14(8-15)10-17-11-14)7-12-3-5-13(18-2)6-4-12/h3-6H,7,9-11H2,1-2H3. The first-order chi connectivity index (χ1) is 8.67. The van der Waals surface area contributed by atoms with E-state index in [0.717, 1.165) is 13.1 Å². The number of hydrogen-bond donors (Lipinski definition) is 0. The maximum Gasteiger partial charge on any atom is 0.116 e. The lowest BCUT2D eigenvalue weighted by Gasteiger charge is -2.38. The monoisotopic (exact) mass is 262 g/mol. The van der Waals surface area contributed by atoms with Crippen LogP contribution in [0, 0.1) is 16.7 Å². The normalized spacial score (nSPS) is 17.2. The summed E-state index contributed by atoms with van der Waals surface area (Å²) in [6.45, 7) is 2.78. The van der Waals surface area contributed by atoms with Crippen molar-refractivity contribution in [2.24, 2.45) is 5.41 Å². The van der Waals surface area contributed by atoms with E-state index >= 15 is 0 Å². The Morgan fingerprint density at radius 2 is 2.06 bits per heavy atom. The highest BCUT2D eigenvalue weighted by molar-refractivity contribution is 7.98. The molecule has 2 rings (SSSR count). The third kappa shape index (κ3) is 3.05. The number of ether oxygens (including phenoxy) is 1. The van der Waals surface area contributed by atoms with Crippen LogP contribution in [-0.2, 0) is 11.3 Å². The van der Waals surface area contributed by atoms with Crippen LogP contribution in [0.1, 0.15) is 5.56 Å². The van der Waals surface area contributed by atoms with Crippen molar-refractivity contribution in [1.29, 1.82) is 5.26 Å². The summed E-state index contributed by atoms with van der Waals surface area (Å²) in [5, 5.41) is 9.16. The first kappa shape index (κ1) is 13.4. The maximum atomic E-state index is 9.16. The van der Waals surface area contributed by atoms with Gasteiger partial charge in [-0.3, -0.25) is 0 Å². The van der Waals surface area contributed by atoms with Gasteiger partial charge in [0.1, 0.15) is 5.41 Å². The van der Waals surface area contributed by atoms with E-state index in [1.807, 2.05) is 0 Å². The highest BCUT2D eigenvalue weighted by Gasteiger charge is 2.39. The molecule has 0 aromatic heterocycles. The Morgan fingerprint density at radius 1 is 1.39 bits per heavy atom. The molecule has 1 saturated heterocycles. The van der Waals surface area contributed by atoms with Crippen LogP contribution in [0.4, 0.5) is 0 Å². The van der Waals surface area contributed by atoms with Gasteiger partial charge < -0.3 is 9.64 Å². The molecule has 0 unspecified atom stereocenters. The van der Waals surface area contributed by atoms with Gasteiger partial charge >= 0.3 is 0 Å². The lowest BCUT2D eigenvalue weighted by molar-refractivity contribution is -0.0895. The molecule has 0 aliphatic carbocycles. The summed E-state index contributed by atoms with van der Waals surface area (Å²) in [5.74, 6) is 0. The second-order valence-corrected chi connectivity index (χ2v) is 5.78. The van der Waals surface area contributed by atoms with Crippen molar-refractivity contribution in [3.05, 3.63) is 29.8 Å². The fourth-order valence-electron chi connectivity index (χ4n) is 2.15. The molecule has 0 atom stereocenters. The van der Waals surface area contributed by atoms with Crippen molar-refractivity contribution in [2.45, 2.75) is 11.4 Å². The van der Waals surface area contributed by atoms with Crippen LogP contribution >= 0.6 is 11.8 Å². The van der Waals surface area contributed by atoms with Crippen molar-refractivity contribution < 1.29 is 4.74 Å². The Hall–Kier alpha value is -1.02. The molecule has 1 fully saturated rings. The van der Waals surface area contributed by atoms with Crippen LogP contribution in [0.5, 0.6) is 0 Å². The zero-order valence-corrected chi connectivity index (χ0v) is 11.7. The summed E-state index contributed by atoms with van der Waals surface area (Å²) in [5.41, 5.74) is 0.997. The van der Waals surface area contributed by atoms with E-state index in [9.17, 15) is 0 Å². The van der Waals surface area contributed by atoms with Gasteiger partial charge in [-0.1, -0.05) is 12.1 Å². The van der Waals surface area contributed by atoms with Gasteiger partial charge in [-0.25, -0.2) is 0 Å². The molecule has 1 aromatic carbocycles. The number of hydrogen-bond acceptors (Lipinski definition) is 4. The SMILES string of the molecule is CSc1ccc(CN(C)CC2(C#N)COC2)cc1. The van der Waals surface area contributed by atoms with Crippen LogP contribution in [0.15, 0.2) is 29.2 Å². The molecule has 1 aliphatic rings. The summed E-state index contributed by atoms with van der Waals surface area (Å²) in [6, 6.07) is 11.0. The summed E-state index contributed by atoms with van der Waals surface area (Å²) >= 11 is 1.75. The number of thioether (sulfide) groups is 1. The van der Waals surface area contributed by atoms with E-state index in [2.05, 4.69) is 48.5 Å². The van der Waals surface area contributed by atoms with Crippen molar-refractivity contribution in [3.63, 3.8) is 0 Å². The van der Waals surface area contributed by atoms with Crippen LogP contribution in [-0.4, -0.2) is 38.0 Å². The molecule has 3 nitrogen and oxygen atoms in total. The van der Waals surface area contributed by atoms with Crippen LogP contribution in [0.3, 0.4) is 0 Å². The molecular formula is C14H18N2OS. The second-order valence-electron chi connectivity index (χ2n) is 4.91. The van der Waals surface area contributed by atoms with E-state index in [0.29, 0.717) is 13.2 Å². The Labute approximate surface area is 113 Å². The average Bonchev–Trinajstić information content (AvgIpc) is 2.35. The van der Waals surface area contributed by atoms with Crippen molar-refractivity contribution >= 4 is 11.8 Å². The molecule has 4 heteroatoms. The van der Waals surface area contributed by atoms with E-state index in [-0.39, 0.29) is 5.41 Å². The van der Waals surface area contributed by atoms with Crippen molar-refractivity contribution in [2.75, 3.05) is 33.1 Å². The van der Waals surface area contributed by atoms with Gasteiger partial charge in [0.05, 0.1) is 19.3 Å². The highest BCUT2D eigenvalue weighted by atomic mass is 32.2. The predicted octanol–water partition coefficient (Wildman–Crippen LogP) is 2.38. The number of benzene rings is 1. The molecule has 0 amide bonds. The van der Waals surface area contributed by atoms with E-state index in [4.69, 9.17) is 10.00 Å². The molecule has 1 aromatic rings. The van der Waals surface area contributed by atoms with Crippen molar-refractivity contribution in [1.82, 2.24) is 4.90 Å². The quantitative estimate of drug-likeness (QED) is 0.763. The van der Waals surface area contributed by atoms with Gasteiger partial charge in [0, 0.05) is 18.0 Å². The largest absolute Gasteiger partial charge is 0.378 e. The Balaban J connectivity index is 1.90. The number of rotatable bonds is 5. The molecule has 0 saturated carbocycles. The Bertz CT molecular complexity index is 434.